The van der Waals surface area contributed by atoms with E-state index in [4.69, 9.17) is 11.6 Å². The molecule has 36 valence electrons. The summed E-state index contributed by atoms with van der Waals surface area (Å²) < 4.78 is 0. The van der Waals surface area contributed by atoms with Gasteiger partial charge in [-0.3, -0.25) is 0 Å². The lowest BCUT2D eigenvalue weighted by atomic mass is 10.6. The molecule has 0 amide bonds. The van der Waals surface area contributed by atoms with Crippen LogP contribution in [0.2, 0.25) is 0 Å². The van der Waals surface area contributed by atoms with Crippen molar-refractivity contribution in [2.75, 3.05) is 5.88 Å². The molecular formula is C6H5Cl. The molecule has 0 unspecified atom stereocenters. The SMILES string of the molecule is CC#CC#CCCl. The van der Waals surface area contributed by atoms with Gasteiger partial charge in [-0.2, -0.15) is 0 Å². The molecule has 0 aliphatic rings. The Morgan fingerprint density at radius 1 is 1.43 bits per heavy atom. The van der Waals surface area contributed by atoms with E-state index in [1.165, 1.54) is 0 Å². The average molecular weight is 113 g/mol. The van der Waals surface area contributed by atoms with E-state index in [2.05, 4.69) is 23.7 Å². The van der Waals surface area contributed by atoms with Crippen molar-refractivity contribution >= 4 is 11.6 Å². The van der Waals surface area contributed by atoms with Gasteiger partial charge in [0.25, 0.3) is 0 Å². The molecule has 0 nitrogen and oxygen atoms in total. The van der Waals surface area contributed by atoms with Crippen LogP contribution in [0.25, 0.3) is 0 Å². The van der Waals surface area contributed by atoms with E-state index in [1.807, 2.05) is 0 Å². The summed E-state index contributed by atoms with van der Waals surface area (Å²) in [6.45, 7) is 1.74. The van der Waals surface area contributed by atoms with Gasteiger partial charge in [0.1, 0.15) is 0 Å². The summed E-state index contributed by atoms with van der Waals surface area (Å²) in [6, 6.07) is 0. The number of halogens is 1. The molecule has 7 heavy (non-hydrogen) atoms. The highest BCUT2D eigenvalue weighted by atomic mass is 35.5. The Morgan fingerprint density at radius 2 is 2.14 bits per heavy atom. The van der Waals surface area contributed by atoms with Gasteiger partial charge in [0.05, 0.1) is 5.88 Å². The maximum atomic E-state index is 5.20. The smallest absolute Gasteiger partial charge is 0.0845 e. The quantitative estimate of drug-likeness (QED) is 0.327. The summed E-state index contributed by atoms with van der Waals surface area (Å²) in [5.74, 6) is 10.7. The normalized spacial score (nSPS) is 4.86. The molecule has 0 saturated carbocycles. The molecular weight excluding hydrogens is 108 g/mol. The monoisotopic (exact) mass is 112 g/mol. The Morgan fingerprint density at radius 3 is 2.57 bits per heavy atom. The Kier molecular flexibility index (Phi) is 4.95. The molecule has 0 rings (SSSR count). The average Bonchev–Trinajstić information content (AvgIpc) is 1.69. The van der Waals surface area contributed by atoms with Gasteiger partial charge < -0.3 is 0 Å². The van der Waals surface area contributed by atoms with Crippen LogP contribution in [0.3, 0.4) is 0 Å². The fourth-order valence-corrected chi connectivity index (χ4v) is 0.207. The second kappa shape index (κ2) is 5.41. The van der Waals surface area contributed by atoms with Gasteiger partial charge in [0.15, 0.2) is 0 Å². The molecule has 0 radical (unpaired) electrons. The topological polar surface area (TPSA) is 0 Å². The number of hydrogen-bond donors (Lipinski definition) is 0. The van der Waals surface area contributed by atoms with Crippen LogP contribution in [-0.4, -0.2) is 5.88 Å². The van der Waals surface area contributed by atoms with Crippen LogP contribution in [0.1, 0.15) is 6.92 Å². The number of alkyl halides is 1. The van der Waals surface area contributed by atoms with Crippen LogP contribution in [-0.2, 0) is 0 Å². The van der Waals surface area contributed by atoms with Crippen molar-refractivity contribution in [3.8, 4) is 23.7 Å². The molecule has 0 atom stereocenters. The highest BCUT2D eigenvalue weighted by molar-refractivity contribution is 6.19. The third kappa shape index (κ3) is 5.41. The summed E-state index contributed by atoms with van der Waals surface area (Å²) in [5, 5.41) is 0. The van der Waals surface area contributed by atoms with E-state index in [-0.39, 0.29) is 0 Å². The number of hydrogen-bond acceptors (Lipinski definition) is 0. The number of rotatable bonds is 0. The second-order valence-electron chi connectivity index (χ2n) is 0.810. The third-order valence-electron chi connectivity index (χ3n) is 0.343. The summed E-state index contributed by atoms with van der Waals surface area (Å²) >= 11 is 5.20. The first-order valence-corrected chi connectivity index (χ1v) is 2.41. The van der Waals surface area contributed by atoms with E-state index < -0.39 is 0 Å². The van der Waals surface area contributed by atoms with Crippen molar-refractivity contribution in [1.82, 2.24) is 0 Å². The van der Waals surface area contributed by atoms with Gasteiger partial charge in [-0.1, -0.05) is 11.8 Å². The zero-order valence-corrected chi connectivity index (χ0v) is 4.84. The largest absolute Gasteiger partial charge is 0.113 e. The molecule has 0 aliphatic heterocycles. The lowest BCUT2D eigenvalue weighted by molar-refractivity contribution is 1.90. The van der Waals surface area contributed by atoms with Crippen molar-refractivity contribution < 1.29 is 0 Å². The predicted molar refractivity (Wildman–Crippen MR) is 31.9 cm³/mol. The van der Waals surface area contributed by atoms with Crippen molar-refractivity contribution in [1.29, 1.82) is 0 Å². The molecule has 0 bridgehead atoms. The van der Waals surface area contributed by atoms with Crippen molar-refractivity contribution in [3.05, 3.63) is 0 Å². The Hall–Kier alpha value is -0.590. The third-order valence-corrected chi connectivity index (χ3v) is 0.476. The molecule has 0 fully saturated rings. The van der Waals surface area contributed by atoms with Gasteiger partial charge in [0, 0.05) is 0 Å². The molecule has 0 saturated heterocycles. The van der Waals surface area contributed by atoms with Crippen LogP contribution in [0, 0.1) is 23.7 Å². The molecule has 0 aromatic rings. The summed E-state index contributed by atoms with van der Waals surface area (Å²) in [5.41, 5.74) is 0. The molecule has 0 aromatic carbocycles. The fraction of sp³-hybridized carbons (Fsp3) is 0.333. The summed E-state index contributed by atoms with van der Waals surface area (Å²) in [4.78, 5) is 0. The Bertz CT molecular complexity index is 137. The first-order valence-electron chi connectivity index (χ1n) is 1.87. The minimum atomic E-state index is 0.370. The maximum absolute atomic E-state index is 5.20. The first-order chi connectivity index (χ1) is 3.41. The lowest BCUT2D eigenvalue weighted by Gasteiger charge is -1.57. The van der Waals surface area contributed by atoms with Crippen molar-refractivity contribution in [2.24, 2.45) is 0 Å². The molecule has 0 N–H and O–H groups in total. The Labute approximate surface area is 48.9 Å². The van der Waals surface area contributed by atoms with E-state index in [1.54, 1.807) is 6.92 Å². The minimum absolute atomic E-state index is 0.370. The van der Waals surface area contributed by atoms with Crippen LogP contribution < -0.4 is 0 Å². The molecule has 1 heteroatoms. The molecule has 0 aliphatic carbocycles. The standard InChI is InChI=1S/C6H5Cl/c1-2-3-4-5-6-7/h6H2,1H3. The van der Waals surface area contributed by atoms with Gasteiger partial charge in [-0.05, 0) is 18.8 Å². The highest BCUT2D eigenvalue weighted by Crippen LogP contribution is 1.64. The van der Waals surface area contributed by atoms with Crippen LogP contribution in [0.4, 0.5) is 0 Å². The lowest BCUT2D eigenvalue weighted by Crippen LogP contribution is -1.55. The van der Waals surface area contributed by atoms with E-state index in [0.717, 1.165) is 0 Å². The van der Waals surface area contributed by atoms with Gasteiger partial charge in [-0.25, -0.2) is 0 Å². The summed E-state index contributed by atoms with van der Waals surface area (Å²) in [7, 11) is 0. The van der Waals surface area contributed by atoms with Crippen molar-refractivity contribution in [3.63, 3.8) is 0 Å². The van der Waals surface area contributed by atoms with E-state index in [9.17, 15) is 0 Å². The molecule has 0 aromatic heterocycles. The van der Waals surface area contributed by atoms with Crippen LogP contribution in [0.15, 0.2) is 0 Å². The molecule has 0 heterocycles. The fourth-order valence-electron chi connectivity index (χ4n) is 0.140. The van der Waals surface area contributed by atoms with Crippen molar-refractivity contribution in [2.45, 2.75) is 6.92 Å². The predicted octanol–water partition coefficient (Wildman–Crippen LogP) is 1.25. The van der Waals surface area contributed by atoms with Gasteiger partial charge >= 0.3 is 0 Å². The Balaban J connectivity index is 3.39. The highest BCUT2D eigenvalue weighted by Gasteiger charge is 1.55. The van der Waals surface area contributed by atoms with E-state index in [0.29, 0.717) is 5.88 Å². The molecule has 0 spiro atoms. The second-order valence-corrected chi connectivity index (χ2v) is 1.08. The maximum Gasteiger partial charge on any atom is 0.0845 e. The van der Waals surface area contributed by atoms with Crippen LogP contribution >= 0.6 is 11.6 Å². The van der Waals surface area contributed by atoms with E-state index >= 15 is 0 Å². The summed E-state index contributed by atoms with van der Waals surface area (Å²) in [6.07, 6.45) is 0. The minimum Gasteiger partial charge on any atom is -0.113 e. The zero-order valence-electron chi connectivity index (χ0n) is 4.09. The van der Waals surface area contributed by atoms with Gasteiger partial charge in [-0.15, -0.1) is 11.6 Å². The first kappa shape index (κ1) is 6.41. The zero-order chi connectivity index (χ0) is 5.54. The van der Waals surface area contributed by atoms with Crippen LogP contribution in [0.5, 0.6) is 0 Å². The van der Waals surface area contributed by atoms with Gasteiger partial charge in [0.2, 0.25) is 0 Å².